The van der Waals surface area contributed by atoms with Gasteiger partial charge in [-0.1, -0.05) is 6.07 Å². The largest absolute Gasteiger partial charge is 0.306 e. The van der Waals surface area contributed by atoms with Crippen LogP contribution >= 0.6 is 0 Å². The SMILES string of the molecule is Cc1ccc(N2CC(CS(=O)(=O)F)CC2=O)c([N+](=O)[O-])c1. The number of aryl methyl sites for hydroxylation is 1. The van der Waals surface area contributed by atoms with Gasteiger partial charge < -0.3 is 4.90 Å². The predicted molar refractivity (Wildman–Crippen MR) is 73.2 cm³/mol. The Kier molecular flexibility index (Phi) is 3.95. The Bertz CT molecular complexity index is 704. The minimum absolute atomic E-state index is 0.0497. The minimum Gasteiger partial charge on any atom is -0.306 e. The maximum atomic E-state index is 12.7. The topological polar surface area (TPSA) is 97.6 Å². The summed E-state index contributed by atoms with van der Waals surface area (Å²) < 4.78 is 34.0. The molecule has 1 amide bonds. The Labute approximate surface area is 120 Å². The smallest absolute Gasteiger partial charge is 0.302 e. The van der Waals surface area contributed by atoms with Gasteiger partial charge >= 0.3 is 10.2 Å². The van der Waals surface area contributed by atoms with Gasteiger partial charge in [-0.3, -0.25) is 14.9 Å². The van der Waals surface area contributed by atoms with Crippen molar-refractivity contribution in [2.75, 3.05) is 17.2 Å². The number of halogens is 1. The second-order valence-electron chi connectivity index (χ2n) is 5.03. The van der Waals surface area contributed by atoms with Gasteiger partial charge in [-0.25, -0.2) is 0 Å². The molecular formula is C12H13FN2O5S. The number of carbonyl (C=O) groups excluding carboxylic acids is 1. The summed E-state index contributed by atoms with van der Waals surface area (Å²) in [5, 5.41) is 11.1. The molecule has 9 heteroatoms. The summed E-state index contributed by atoms with van der Waals surface area (Å²) >= 11 is 0. The normalized spacial score (nSPS) is 19.0. The summed E-state index contributed by atoms with van der Waals surface area (Å²) in [5.74, 6) is -1.90. The minimum atomic E-state index is -4.68. The van der Waals surface area contributed by atoms with Crippen LogP contribution in [0.4, 0.5) is 15.3 Å². The fourth-order valence-electron chi connectivity index (χ4n) is 2.42. The first-order valence-corrected chi connectivity index (χ1v) is 7.70. The average Bonchev–Trinajstić information content (AvgIpc) is 2.67. The Morgan fingerprint density at radius 2 is 2.14 bits per heavy atom. The van der Waals surface area contributed by atoms with Gasteiger partial charge in [-0.05, 0) is 18.6 Å². The van der Waals surface area contributed by atoms with Crippen LogP contribution in [-0.4, -0.2) is 31.5 Å². The van der Waals surface area contributed by atoms with E-state index >= 15 is 0 Å². The van der Waals surface area contributed by atoms with E-state index in [1.807, 2.05) is 0 Å². The lowest BCUT2D eigenvalue weighted by Crippen LogP contribution is -2.26. The van der Waals surface area contributed by atoms with E-state index in [0.29, 0.717) is 5.56 Å². The van der Waals surface area contributed by atoms with E-state index in [4.69, 9.17) is 0 Å². The second-order valence-corrected chi connectivity index (χ2v) is 6.44. The molecule has 1 atom stereocenters. The molecule has 21 heavy (non-hydrogen) atoms. The highest BCUT2D eigenvalue weighted by Gasteiger charge is 2.36. The van der Waals surface area contributed by atoms with Crippen LogP contribution in [0.2, 0.25) is 0 Å². The second kappa shape index (κ2) is 5.40. The number of anilines is 1. The lowest BCUT2D eigenvalue weighted by molar-refractivity contribution is -0.384. The molecule has 7 nitrogen and oxygen atoms in total. The van der Waals surface area contributed by atoms with Crippen molar-refractivity contribution in [3.8, 4) is 0 Å². The van der Waals surface area contributed by atoms with Gasteiger partial charge in [0.15, 0.2) is 0 Å². The molecule has 1 aliphatic heterocycles. The van der Waals surface area contributed by atoms with E-state index in [0.717, 1.165) is 4.90 Å². The van der Waals surface area contributed by atoms with Gasteiger partial charge in [-0.2, -0.15) is 8.42 Å². The van der Waals surface area contributed by atoms with Gasteiger partial charge in [0.1, 0.15) is 5.69 Å². The van der Waals surface area contributed by atoms with Crippen LogP contribution in [0.1, 0.15) is 12.0 Å². The lowest BCUT2D eigenvalue weighted by Gasteiger charge is -2.16. The summed E-state index contributed by atoms with van der Waals surface area (Å²) in [5.41, 5.74) is 0.543. The van der Waals surface area contributed by atoms with Crippen molar-refractivity contribution >= 4 is 27.5 Å². The zero-order valence-corrected chi connectivity index (χ0v) is 12.0. The molecule has 0 saturated carbocycles. The molecule has 0 aliphatic carbocycles. The number of nitro benzene ring substituents is 1. The molecule has 0 spiro atoms. The summed E-state index contributed by atoms with van der Waals surface area (Å²) in [4.78, 5) is 23.5. The first-order chi connectivity index (χ1) is 9.67. The maximum absolute atomic E-state index is 12.7. The number of rotatable bonds is 4. The Morgan fingerprint density at radius 1 is 1.48 bits per heavy atom. The third-order valence-electron chi connectivity index (χ3n) is 3.26. The van der Waals surface area contributed by atoms with Crippen molar-refractivity contribution in [3.05, 3.63) is 33.9 Å². The third kappa shape index (κ3) is 3.54. The van der Waals surface area contributed by atoms with Crippen LogP contribution in [0.25, 0.3) is 0 Å². The van der Waals surface area contributed by atoms with E-state index < -0.39 is 32.7 Å². The molecule has 1 aromatic carbocycles. The molecule has 1 fully saturated rings. The van der Waals surface area contributed by atoms with Gasteiger partial charge in [0.25, 0.3) is 5.69 Å². The average molecular weight is 316 g/mol. The zero-order chi connectivity index (χ0) is 15.8. The molecule has 1 aromatic rings. The molecule has 0 radical (unpaired) electrons. The fourth-order valence-corrected chi connectivity index (χ4v) is 3.20. The highest BCUT2D eigenvalue weighted by Crippen LogP contribution is 2.34. The number of carbonyl (C=O) groups is 1. The van der Waals surface area contributed by atoms with Crippen LogP contribution in [0.5, 0.6) is 0 Å². The van der Waals surface area contributed by atoms with Crippen molar-refractivity contribution in [1.82, 2.24) is 0 Å². The first kappa shape index (κ1) is 15.4. The standard InChI is InChI=1S/C12H13FN2O5S/c1-8-2-3-10(11(4-8)15(17)18)14-6-9(5-12(14)16)7-21(13,19)20/h2-4,9H,5-7H2,1H3. The van der Waals surface area contributed by atoms with Crippen molar-refractivity contribution in [3.63, 3.8) is 0 Å². The number of nitro groups is 1. The van der Waals surface area contributed by atoms with Gasteiger partial charge in [0.2, 0.25) is 5.91 Å². The van der Waals surface area contributed by atoms with Crippen LogP contribution < -0.4 is 4.90 Å². The first-order valence-electron chi connectivity index (χ1n) is 6.15. The summed E-state index contributed by atoms with van der Waals surface area (Å²) in [7, 11) is -4.68. The van der Waals surface area contributed by atoms with Crippen molar-refractivity contribution in [2.45, 2.75) is 13.3 Å². The molecule has 0 bridgehead atoms. The van der Waals surface area contributed by atoms with E-state index in [1.165, 1.54) is 12.1 Å². The fraction of sp³-hybridized carbons (Fsp3) is 0.417. The molecule has 1 unspecified atom stereocenters. The Morgan fingerprint density at radius 3 is 2.71 bits per heavy atom. The van der Waals surface area contributed by atoms with E-state index in [9.17, 15) is 27.2 Å². The number of amides is 1. The van der Waals surface area contributed by atoms with Crippen molar-refractivity contribution < 1.29 is 22.0 Å². The maximum Gasteiger partial charge on any atom is 0.302 e. The summed E-state index contributed by atoms with van der Waals surface area (Å²) in [6.07, 6.45) is -0.145. The number of benzene rings is 1. The van der Waals surface area contributed by atoms with Crippen LogP contribution in [0.3, 0.4) is 0 Å². The molecule has 1 saturated heterocycles. The van der Waals surface area contributed by atoms with Gasteiger partial charge in [0, 0.05) is 24.9 Å². The number of hydrogen-bond donors (Lipinski definition) is 0. The van der Waals surface area contributed by atoms with E-state index in [-0.39, 0.29) is 24.3 Å². The van der Waals surface area contributed by atoms with Crippen LogP contribution in [0, 0.1) is 23.0 Å². The molecule has 1 heterocycles. The Balaban J connectivity index is 2.31. The summed E-state index contributed by atoms with van der Waals surface area (Å²) in [6.45, 7) is 1.63. The van der Waals surface area contributed by atoms with E-state index in [2.05, 4.69) is 0 Å². The molecule has 114 valence electrons. The van der Waals surface area contributed by atoms with Crippen LogP contribution in [-0.2, 0) is 15.0 Å². The molecule has 2 rings (SSSR count). The van der Waals surface area contributed by atoms with Crippen molar-refractivity contribution in [1.29, 1.82) is 0 Å². The van der Waals surface area contributed by atoms with Gasteiger partial charge in [-0.15, -0.1) is 3.89 Å². The monoisotopic (exact) mass is 316 g/mol. The van der Waals surface area contributed by atoms with Gasteiger partial charge in [0.05, 0.1) is 10.7 Å². The third-order valence-corrected chi connectivity index (χ3v) is 4.13. The van der Waals surface area contributed by atoms with Crippen molar-refractivity contribution in [2.24, 2.45) is 5.92 Å². The molecular weight excluding hydrogens is 303 g/mol. The number of hydrogen-bond acceptors (Lipinski definition) is 5. The highest BCUT2D eigenvalue weighted by atomic mass is 32.3. The Hall–Kier alpha value is -2.03. The van der Waals surface area contributed by atoms with E-state index in [1.54, 1.807) is 13.0 Å². The highest BCUT2D eigenvalue weighted by molar-refractivity contribution is 7.86. The predicted octanol–water partition coefficient (Wildman–Crippen LogP) is 1.56. The quantitative estimate of drug-likeness (QED) is 0.477. The molecule has 1 aliphatic rings. The number of nitrogens with zero attached hydrogens (tertiary/aromatic N) is 2. The molecule has 0 N–H and O–H groups in total. The van der Waals surface area contributed by atoms with Crippen LogP contribution in [0.15, 0.2) is 18.2 Å². The summed E-state index contributed by atoms with van der Waals surface area (Å²) in [6, 6.07) is 4.40. The molecule has 0 aromatic heterocycles. The zero-order valence-electron chi connectivity index (χ0n) is 11.2. The lowest BCUT2D eigenvalue weighted by atomic mass is 10.1.